The number of rotatable bonds is 6. The van der Waals surface area contributed by atoms with Crippen LogP contribution in [0.3, 0.4) is 0 Å². The van der Waals surface area contributed by atoms with Gasteiger partial charge >= 0.3 is 0 Å². The van der Waals surface area contributed by atoms with E-state index < -0.39 is 0 Å². The Morgan fingerprint density at radius 3 is 2.45 bits per heavy atom. The van der Waals surface area contributed by atoms with E-state index in [9.17, 15) is 5.26 Å². The Labute approximate surface area is 122 Å². The van der Waals surface area contributed by atoms with Gasteiger partial charge < -0.3 is 4.74 Å². The maximum atomic E-state index is 9.54. The Balaban J connectivity index is 2.00. The van der Waals surface area contributed by atoms with Gasteiger partial charge in [-0.3, -0.25) is 0 Å². The van der Waals surface area contributed by atoms with Crippen LogP contribution < -0.4 is 4.74 Å². The van der Waals surface area contributed by atoms with Crippen molar-refractivity contribution in [1.82, 2.24) is 0 Å². The molecule has 0 aromatic heterocycles. The lowest BCUT2D eigenvalue weighted by Crippen LogP contribution is -2.39. The van der Waals surface area contributed by atoms with Crippen molar-refractivity contribution in [2.45, 2.75) is 51.9 Å². The molecule has 0 radical (unpaired) electrons. The van der Waals surface area contributed by atoms with Crippen LogP contribution in [0.4, 0.5) is 0 Å². The summed E-state index contributed by atoms with van der Waals surface area (Å²) in [7, 11) is 0. The lowest BCUT2D eigenvalue weighted by Gasteiger charge is -2.43. The van der Waals surface area contributed by atoms with E-state index in [1.165, 1.54) is 12.8 Å². The quantitative estimate of drug-likeness (QED) is 0.751. The summed E-state index contributed by atoms with van der Waals surface area (Å²) in [5.74, 6) is 2.16. The zero-order chi connectivity index (χ0) is 14.6. The molecule has 0 amide bonds. The van der Waals surface area contributed by atoms with E-state index in [0.717, 1.165) is 36.7 Å². The van der Waals surface area contributed by atoms with Gasteiger partial charge in [-0.15, -0.1) is 0 Å². The number of hydrogen-bond acceptors (Lipinski definition) is 2. The summed E-state index contributed by atoms with van der Waals surface area (Å²) >= 11 is 0. The SMILES string of the molecule is CCCC1CC(C#N)(c2ccc(OCC(C)C)cc2)C1. The minimum atomic E-state index is -0.240. The van der Waals surface area contributed by atoms with Crippen LogP contribution in [0.15, 0.2) is 24.3 Å². The molecule has 1 fully saturated rings. The molecule has 0 aliphatic heterocycles. The molecule has 0 N–H and O–H groups in total. The molecule has 0 spiro atoms. The summed E-state index contributed by atoms with van der Waals surface area (Å²) in [4.78, 5) is 0. The van der Waals surface area contributed by atoms with E-state index >= 15 is 0 Å². The number of nitriles is 1. The van der Waals surface area contributed by atoms with Crippen LogP contribution in [-0.2, 0) is 5.41 Å². The Bertz CT molecular complexity index is 463. The first-order valence-electron chi connectivity index (χ1n) is 7.74. The Kier molecular flexibility index (Phi) is 4.70. The van der Waals surface area contributed by atoms with E-state index in [-0.39, 0.29) is 5.41 Å². The minimum absolute atomic E-state index is 0.240. The van der Waals surface area contributed by atoms with Crippen molar-refractivity contribution in [2.75, 3.05) is 6.61 Å². The molecule has 1 aromatic carbocycles. The summed E-state index contributed by atoms with van der Waals surface area (Å²) in [6.07, 6.45) is 4.50. The van der Waals surface area contributed by atoms with Gasteiger partial charge in [-0.25, -0.2) is 0 Å². The molecule has 2 nitrogen and oxygen atoms in total. The first-order valence-corrected chi connectivity index (χ1v) is 7.74. The highest BCUT2D eigenvalue weighted by atomic mass is 16.5. The normalized spacial score (nSPS) is 25.1. The monoisotopic (exact) mass is 271 g/mol. The van der Waals surface area contributed by atoms with E-state index in [0.29, 0.717) is 5.92 Å². The van der Waals surface area contributed by atoms with E-state index in [2.05, 4.69) is 39.0 Å². The van der Waals surface area contributed by atoms with Crippen molar-refractivity contribution in [3.63, 3.8) is 0 Å². The zero-order valence-electron chi connectivity index (χ0n) is 12.9. The second-order valence-electron chi connectivity index (χ2n) is 6.49. The highest BCUT2D eigenvalue weighted by Crippen LogP contribution is 2.49. The van der Waals surface area contributed by atoms with Crippen LogP contribution >= 0.6 is 0 Å². The second kappa shape index (κ2) is 6.31. The maximum Gasteiger partial charge on any atom is 0.119 e. The predicted octanol–water partition coefficient (Wildman–Crippen LogP) is 4.69. The molecule has 1 saturated carbocycles. The standard InChI is InChI=1S/C18H25NO/c1-4-5-15-10-18(11-15,13-19)16-6-8-17(9-7-16)20-12-14(2)3/h6-9,14-15H,4-5,10-12H2,1-3H3. The summed E-state index contributed by atoms with van der Waals surface area (Å²) in [6, 6.07) is 10.7. The maximum absolute atomic E-state index is 9.54. The average Bonchev–Trinajstić information content (AvgIpc) is 2.41. The molecule has 0 heterocycles. The third-order valence-corrected chi connectivity index (χ3v) is 4.18. The topological polar surface area (TPSA) is 33.0 Å². The van der Waals surface area contributed by atoms with Crippen molar-refractivity contribution < 1.29 is 4.74 Å². The van der Waals surface area contributed by atoms with Gasteiger partial charge in [-0.05, 0) is 42.4 Å². The number of benzene rings is 1. The van der Waals surface area contributed by atoms with Gasteiger partial charge in [0.1, 0.15) is 5.75 Å². The van der Waals surface area contributed by atoms with Crippen LogP contribution in [-0.4, -0.2) is 6.61 Å². The van der Waals surface area contributed by atoms with Crippen molar-refractivity contribution in [3.05, 3.63) is 29.8 Å². The highest BCUT2D eigenvalue weighted by Gasteiger charge is 2.45. The smallest absolute Gasteiger partial charge is 0.119 e. The summed E-state index contributed by atoms with van der Waals surface area (Å²) in [5, 5.41) is 9.54. The summed E-state index contributed by atoms with van der Waals surface area (Å²) in [6.45, 7) is 7.23. The molecule has 2 rings (SSSR count). The number of hydrogen-bond donors (Lipinski definition) is 0. The zero-order valence-corrected chi connectivity index (χ0v) is 12.9. The van der Waals surface area contributed by atoms with Gasteiger partial charge in [0.25, 0.3) is 0 Å². The van der Waals surface area contributed by atoms with Crippen LogP contribution in [0.25, 0.3) is 0 Å². The summed E-state index contributed by atoms with van der Waals surface area (Å²) in [5.41, 5.74) is 0.917. The van der Waals surface area contributed by atoms with Crippen molar-refractivity contribution >= 4 is 0 Å². The number of nitrogens with zero attached hydrogens (tertiary/aromatic N) is 1. The minimum Gasteiger partial charge on any atom is -0.493 e. The number of ether oxygens (including phenoxy) is 1. The lowest BCUT2D eigenvalue weighted by molar-refractivity contribution is 0.184. The molecule has 1 aromatic rings. The molecule has 0 bridgehead atoms. The van der Waals surface area contributed by atoms with E-state index in [1.54, 1.807) is 0 Å². The third-order valence-electron chi connectivity index (χ3n) is 4.18. The Hall–Kier alpha value is -1.49. The second-order valence-corrected chi connectivity index (χ2v) is 6.49. The predicted molar refractivity (Wildman–Crippen MR) is 81.7 cm³/mol. The first kappa shape index (κ1) is 14.9. The lowest BCUT2D eigenvalue weighted by atomic mass is 9.58. The molecule has 1 aliphatic carbocycles. The molecule has 2 heteroatoms. The molecular weight excluding hydrogens is 246 g/mol. The molecule has 0 saturated heterocycles. The Morgan fingerprint density at radius 2 is 1.95 bits per heavy atom. The fourth-order valence-electron chi connectivity index (χ4n) is 3.06. The largest absolute Gasteiger partial charge is 0.493 e. The van der Waals surface area contributed by atoms with Gasteiger partial charge in [0, 0.05) is 0 Å². The fraction of sp³-hybridized carbons (Fsp3) is 0.611. The molecular formula is C18H25NO. The van der Waals surface area contributed by atoms with Gasteiger partial charge in [0.15, 0.2) is 0 Å². The molecule has 108 valence electrons. The summed E-state index contributed by atoms with van der Waals surface area (Å²) < 4.78 is 5.70. The molecule has 1 aliphatic rings. The van der Waals surface area contributed by atoms with Gasteiger partial charge in [0.2, 0.25) is 0 Å². The van der Waals surface area contributed by atoms with Crippen LogP contribution in [0.2, 0.25) is 0 Å². The molecule has 0 unspecified atom stereocenters. The van der Waals surface area contributed by atoms with Gasteiger partial charge in [-0.1, -0.05) is 45.7 Å². The van der Waals surface area contributed by atoms with Crippen LogP contribution in [0, 0.1) is 23.2 Å². The van der Waals surface area contributed by atoms with Crippen molar-refractivity contribution in [3.8, 4) is 11.8 Å². The van der Waals surface area contributed by atoms with Crippen LogP contribution in [0.1, 0.15) is 52.0 Å². The highest BCUT2D eigenvalue weighted by molar-refractivity contribution is 5.39. The Morgan fingerprint density at radius 1 is 1.30 bits per heavy atom. The van der Waals surface area contributed by atoms with Crippen molar-refractivity contribution in [2.24, 2.45) is 11.8 Å². The molecule has 0 atom stereocenters. The third kappa shape index (κ3) is 3.15. The van der Waals surface area contributed by atoms with E-state index in [4.69, 9.17) is 4.74 Å². The van der Waals surface area contributed by atoms with E-state index in [1.807, 2.05) is 12.1 Å². The van der Waals surface area contributed by atoms with Crippen molar-refractivity contribution in [1.29, 1.82) is 5.26 Å². The first-order chi connectivity index (χ1) is 9.59. The molecule has 20 heavy (non-hydrogen) atoms. The average molecular weight is 271 g/mol. The van der Waals surface area contributed by atoms with Crippen LogP contribution in [0.5, 0.6) is 5.75 Å². The van der Waals surface area contributed by atoms with Gasteiger partial charge in [0.05, 0.1) is 18.1 Å². The van der Waals surface area contributed by atoms with Gasteiger partial charge in [-0.2, -0.15) is 5.26 Å². The fourth-order valence-corrected chi connectivity index (χ4v) is 3.06.